The summed E-state index contributed by atoms with van der Waals surface area (Å²) in [6.45, 7) is 5.12. The Morgan fingerprint density at radius 2 is 1.55 bits per heavy atom. The van der Waals surface area contributed by atoms with Crippen molar-refractivity contribution in [3.05, 3.63) is 65.7 Å². The summed E-state index contributed by atoms with van der Waals surface area (Å²) in [5.41, 5.74) is 4.02. The van der Waals surface area contributed by atoms with Crippen molar-refractivity contribution in [2.45, 2.75) is 19.9 Å². The summed E-state index contributed by atoms with van der Waals surface area (Å²) < 4.78 is 0. The summed E-state index contributed by atoms with van der Waals surface area (Å²) in [7, 11) is 2.13. The summed E-state index contributed by atoms with van der Waals surface area (Å²) in [4.78, 5) is 2.27. The van der Waals surface area contributed by atoms with E-state index >= 15 is 0 Å². The van der Waals surface area contributed by atoms with Crippen LogP contribution in [0.1, 0.15) is 18.1 Å². The summed E-state index contributed by atoms with van der Waals surface area (Å²) in [6, 6.07) is 19.4. The first kappa shape index (κ1) is 14.6. The smallest absolute Gasteiger partial charge is 0.0364 e. The molecule has 0 heterocycles. The number of hydrogen-bond acceptors (Lipinski definition) is 2. The molecule has 106 valence electrons. The SMILES string of the molecule is CCc1ccc(CNCCN(C)c2ccccc2)cc1. The molecule has 0 aromatic heterocycles. The molecule has 0 atom stereocenters. The zero-order valence-electron chi connectivity index (χ0n) is 12.5. The van der Waals surface area contributed by atoms with Crippen molar-refractivity contribution in [3.63, 3.8) is 0 Å². The molecule has 0 spiro atoms. The van der Waals surface area contributed by atoms with Crippen molar-refractivity contribution >= 4 is 5.69 Å². The highest BCUT2D eigenvalue weighted by Gasteiger charge is 1.99. The van der Waals surface area contributed by atoms with Crippen LogP contribution in [-0.2, 0) is 13.0 Å². The average molecular weight is 268 g/mol. The fourth-order valence-electron chi connectivity index (χ4n) is 2.18. The lowest BCUT2D eigenvalue weighted by Gasteiger charge is -2.19. The van der Waals surface area contributed by atoms with Crippen LogP contribution in [0.5, 0.6) is 0 Å². The van der Waals surface area contributed by atoms with Gasteiger partial charge in [-0.3, -0.25) is 0 Å². The normalized spacial score (nSPS) is 10.5. The van der Waals surface area contributed by atoms with E-state index in [-0.39, 0.29) is 0 Å². The zero-order chi connectivity index (χ0) is 14.2. The van der Waals surface area contributed by atoms with Gasteiger partial charge in [0.2, 0.25) is 0 Å². The van der Waals surface area contributed by atoms with Crippen molar-refractivity contribution < 1.29 is 0 Å². The molecule has 0 aliphatic carbocycles. The molecule has 0 aliphatic rings. The Bertz CT molecular complexity index is 491. The van der Waals surface area contributed by atoms with Crippen LogP contribution < -0.4 is 10.2 Å². The number of nitrogens with one attached hydrogen (secondary N) is 1. The molecule has 0 unspecified atom stereocenters. The zero-order valence-corrected chi connectivity index (χ0v) is 12.5. The molecule has 2 nitrogen and oxygen atoms in total. The second kappa shape index (κ2) is 7.71. The van der Waals surface area contributed by atoms with E-state index in [4.69, 9.17) is 0 Å². The standard InChI is InChI=1S/C18H24N2/c1-3-16-9-11-17(12-10-16)15-19-13-14-20(2)18-7-5-4-6-8-18/h4-12,19H,3,13-15H2,1-2H3. The van der Waals surface area contributed by atoms with Gasteiger partial charge >= 0.3 is 0 Å². The second-order valence-corrected chi connectivity index (χ2v) is 5.10. The molecule has 0 saturated carbocycles. The van der Waals surface area contributed by atoms with E-state index in [2.05, 4.69) is 78.8 Å². The Hall–Kier alpha value is -1.80. The Morgan fingerprint density at radius 3 is 2.20 bits per heavy atom. The average Bonchev–Trinajstić information content (AvgIpc) is 2.53. The number of para-hydroxylation sites is 1. The van der Waals surface area contributed by atoms with Gasteiger partial charge in [0.1, 0.15) is 0 Å². The highest BCUT2D eigenvalue weighted by molar-refractivity contribution is 5.44. The molecule has 2 rings (SSSR count). The highest BCUT2D eigenvalue weighted by Crippen LogP contribution is 2.10. The first-order chi connectivity index (χ1) is 9.79. The number of benzene rings is 2. The molecule has 2 aromatic carbocycles. The Morgan fingerprint density at radius 1 is 0.900 bits per heavy atom. The fourth-order valence-corrected chi connectivity index (χ4v) is 2.18. The number of aryl methyl sites for hydroxylation is 1. The molecule has 2 heteroatoms. The predicted molar refractivity (Wildman–Crippen MR) is 87.2 cm³/mol. The van der Waals surface area contributed by atoms with Crippen molar-refractivity contribution in [2.24, 2.45) is 0 Å². The van der Waals surface area contributed by atoms with Gasteiger partial charge in [0.05, 0.1) is 0 Å². The van der Waals surface area contributed by atoms with E-state index in [9.17, 15) is 0 Å². The van der Waals surface area contributed by atoms with E-state index in [1.807, 2.05) is 0 Å². The third kappa shape index (κ3) is 4.39. The van der Waals surface area contributed by atoms with Gasteiger partial charge in [0.15, 0.2) is 0 Å². The van der Waals surface area contributed by atoms with E-state index in [1.54, 1.807) is 0 Å². The number of hydrogen-bond donors (Lipinski definition) is 1. The predicted octanol–water partition coefficient (Wildman–Crippen LogP) is 3.48. The molecule has 0 fully saturated rings. The van der Waals surface area contributed by atoms with Crippen LogP contribution in [0.15, 0.2) is 54.6 Å². The fraction of sp³-hybridized carbons (Fsp3) is 0.333. The molecule has 0 bridgehead atoms. The first-order valence-corrected chi connectivity index (χ1v) is 7.34. The Kier molecular flexibility index (Phi) is 5.63. The summed E-state index contributed by atoms with van der Waals surface area (Å²) >= 11 is 0. The van der Waals surface area contributed by atoms with Crippen LogP contribution in [0, 0.1) is 0 Å². The third-order valence-electron chi connectivity index (χ3n) is 3.58. The van der Waals surface area contributed by atoms with Gasteiger partial charge in [0, 0.05) is 32.4 Å². The minimum absolute atomic E-state index is 0.937. The van der Waals surface area contributed by atoms with Crippen LogP contribution in [-0.4, -0.2) is 20.1 Å². The minimum atomic E-state index is 0.937. The lowest BCUT2D eigenvalue weighted by Crippen LogP contribution is -2.28. The topological polar surface area (TPSA) is 15.3 Å². The molecule has 0 amide bonds. The largest absolute Gasteiger partial charge is 0.373 e. The van der Waals surface area contributed by atoms with E-state index in [0.717, 1.165) is 26.1 Å². The lowest BCUT2D eigenvalue weighted by atomic mass is 10.1. The highest BCUT2D eigenvalue weighted by atomic mass is 15.1. The summed E-state index contributed by atoms with van der Waals surface area (Å²) in [6.07, 6.45) is 1.11. The number of likely N-dealkylation sites (N-methyl/N-ethyl adjacent to an activating group) is 1. The number of rotatable bonds is 7. The minimum Gasteiger partial charge on any atom is -0.373 e. The molecule has 0 radical (unpaired) electrons. The van der Waals surface area contributed by atoms with Crippen LogP contribution in [0.2, 0.25) is 0 Å². The first-order valence-electron chi connectivity index (χ1n) is 7.34. The van der Waals surface area contributed by atoms with Crippen molar-refractivity contribution in [2.75, 3.05) is 25.0 Å². The molecule has 20 heavy (non-hydrogen) atoms. The van der Waals surface area contributed by atoms with Gasteiger partial charge < -0.3 is 10.2 Å². The molecule has 2 aromatic rings. The second-order valence-electron chi connectivity index (χ2n) is 5.10. The van der Waals surface area contributed by atoms with Crippen LogP contribution in [0.4, 0.5) is 5.69 Å². The van der Waals surface area contributed by atoms with Crippen LogP contribution >= 0.6 is 0 Å². The van der Waals surface area contributed by atoms with Gasteiger partial charge in [-0.1, -0.05) is 49.4 Å². The maximum absolute atomic E-state index is 3.50. The van der Waals surface area contributed by atoms with Crippen molar-refractivity contribution in [1.29, 1.82) is 0 Å². The maximum atomic E-state index is 3.50. The molecule has 1 N–H and O–H groups in total. The van der Waals surface area contributed by atoms with Gasteiger partial charge in [-0.15, -0.1) is 0 Å². The molecular formula is C18H24N2. The van der Waals surface area contributed by atoms with Gasteiger partial charge in [0.25, 0.3) is 0 Å². The van der Waals surface area contributed by atoms with Crippen molar-refractivity contribution in [1.82, 2.24) is 5.32 Å². The maximum Gasteiger partial charge on any atom is 0.0364 e. The monoisotopic (exact) mass is 268 g/mol. The van der Waals surface area contributed by atoms with Crippen LogP contribution in [0.25, 0.3) is 0 Å². The van der Waals surface area contributed by atoms with Crippen LogP contribution in [0.3, 0.4) is 0 Å². The van der Waals surface area contributed by atoms with E-state index in [1.165, 1.54) is 16.8 Å². The van der Waals surface area contributed by atoms with E-state index in [0.29, 0.717) is 0 Å². The third-order valence-corrected chi connectivity index (χ3v) is 3.58. The van der Waals surface area contributed by atoms with Gasteiger partial charge in [-0.25, -0.2) is 0 Å². The van der Waals surface area contributed by atoms with Gasteiger partial charge in [-0.05, 0) is 29.7 Å². The number of nitrogens with zero attached hydrogens (tertiary/aromatic N) is 1. The Labute approximate surface area is 122 Å². The summed E-state index contributed by atoms with van der Waals surface area (Å²) in [5.74, 6) is 0. The molecule has 0 saturated heterocycles. The summed E-state index contributed by atoms with van der Waals surface area (Å²) in [5, 5.41) is 3.50. The van der Waals surface area contributed by atoms with E-state index < -0.39 is 0 Å². The lowest BCUT2D eigenvalue weighted by molar-refractivity contribution is 0.679. The number of anilines is 1. The molecule has 0 aliphatic heterocycles. The van der Waals surface area contributed by atoms with Gasteiger partial charge in [-0.2, -0.15) is 0 Å². The Balaban J connectivity index is 1.70. The van der Waals surface area contributed by atoms with Crippen molar-refractivity contribution in [3.8, 4) is 0 Å². The molecular weight excluding hydrogens is 244 g/mol. The quantitative estimate of drug-likeness (QED) is 0.773.